The number of anilines is 3. The molecule has 8 aromatic carbocycles. The van der Waals surface area contributed by atoms with Crippen LogP contribution in [0.15, 0.2) is 192 Å². The number of thiophene rings is 1. The van der Waals surface area contributed by atoms with Gasteiger partial charge >= 0.3 is 0 Å². The lowest BCUT2D eigenvalue weighted by Gasteiger charge is -2.28. The van der Waals surface area contributed by atoms with Crippen molar-refractivity contribution in [1.29, 1.82) is 0 Å². The van der Waals surface area contributed by atoms with Crippen molar-refractivity contribution in [3.8, 4) is 33.4 Å². The number of para-hydroxylation sites is 2. The largest absolute Gasteiger partial charge is 0.455 e. The Kier molecular flexibility index (Phi) is 7.04. The van der Waals surface area contributed by atoms with Crippen LogP contribution in [0.5, 0.6) is 0 Å². The summed E-state index contributed by atoms with van der Waals surface area (Å²) in [6.07, 6.45) is 0. The van der Waals surface area contributed by atoms with E-state index < -0.39 is 0 Å². The van der Waals surface area contributed by atoms with E-state index in [9.17, 15) is 0 Å². The molecule has 2 aromatic heterocycles. The average molecular weight is 670 g/mol. The van der Waals surface area contributed by atoms with Crippen molar-refractivity contribution in [3.05, 3.63) is 188 Å². The molecular formula is C48H31NOS. The summed E-state index contributed by atoms with van der Waals surface area (Å²) in [7, 11) is 0. The van der Waals surface area contributed by atoms with Gasteiger partial charge in [0.25, 0.3) is 0 Å². The van der Waals surface area contributed by atoms with Gasteiger partial charge in [-0.25, -0.2) is 0 Å². The summed E-state index contributed by atoms with van der Waals surface area (Å²) in [4.78, 5) is 2.36. The summed E-state index contributed by atoms with van der Waals surface area (Å²) >= 11 is 1.82. The van der Waals surface area contributed by atoms with E-state index in [0.29, 0.717) is 0 Å². The number of nitrogens with zero attached hydrogens (tertiary/aromatic N) is 1. The minimum Gasteiger partial charge on any atom is -0.455 e. The van der Waals surface area contributed by atoms with Crippen LogP contribution in [0.4, 0.5) is 17.1 Å². The molecule has 51 heavy (non-hydrogen) atoms. The first kappa shape index (κ1) is 29.5. The molecule has 10 rings (SSSR count). The summed E-state index contributed by atoms with van der Waals surface area (Å²) in [6.45, 7) is 0. The van der Waals surface area contributed by atoms with Gasteiger partial charge in [0, 0.05) is 53.4 Å². The van der Waals surface area contributed by atoms with E-state index in [2.05, 4.69) is 193 Å². The lowest BCUT2D eigenvalue weighted by molar-refractivity contribution is 0.674. The Labute approximate surface area is 300 Å². The molecule has 0 aliphatic heterocycles. The Balaban J connectivity index is 1.10. The van der Waals surface area contributed by atoms with Gasteiger partial charge in [0.05, 0.1) is 5.69 Å². The molecule has 2 heterocycles. The summed E-state index contributed by atoms with van der Waals surface area (Å²) in [5, 5.41) is 4.75. The highest BCUT2D eigenvalue weighted by molar-refractivity contribution is 7.26. The number of hydrogen-bond donors (Lipinski definition) is 0. The van der Waals surface area contributed by atoms with Crippen LogP contribution in [-0.2, 0) is 0 Å². The SMILES string of the molecule is c1ccc(-c2ccc(N(c3ccc(-c4cccc5c4oc4c5ccc5sc6ccccc6c54)cc3)c3ccccc3-c3ccccc3)cc2)cc1. The molecule has 240 valence electrons. The van der Waals surface area contributed by atoms with Crippen molar-refractivity contribution in [2.75, 3.05) is 4.90 Å². The molecule has 0 spiro atoms. The first-order valence-corrected chi connectivity index (χ1v) is 18.1. The molecule has 0 radical (unpaired) electrons. The molecule has 0 bridgehead atoms. The van der Waals surface area contributed by atoms with Crippen molar-refractivity contribution >= 4 is 70.5 Å². The van der Waals surface area contributed by atoms with Crippen molar-refractivity contribution in [2.24, 2.45) is 0 Å². The van der Waals surface area contributed by atoms with Gasteiger partial charge in [-0.05, 0) is 70.8 Å². The molecular weight excluding hydrogens is 639 g/mol. The Morgan fingerprint density at radius 3 is 1.67 bits per heavy atom. The number of furan rings is 1. The average Bonchev–Trinajstić information content (AvgIpc) is 3.78. The van der Waals surface area contributed by atoms with E-state index >= 15 is 0 Å². The Morgan fingerprint density at radius 2 is 0.902 bits per heavy atom. The van der Waals surface area contributed by atoms with Crippen LogP contribution in [0.3, 0.4) is 0 Å². The van der Waals surface area contributed by atoms with E-state index in [1.807, 2.05) is 11.3 Å². The maximum absolute atomic E-state index is 6.84. The Bertz CT molecular complexity index is 2830. The van der Waals surface area contributed by atoms with E-state index in [4.69, 9.17) is 4.42 Å². The molecule has 0 saturated heterocycles. The van der Waals surface area contributed by atoms with Gasteiger partial charge in [-0.1, -0.05) is 140 Å². The number of hydrogen-bond acceptors (Lipinski definition) is 3. The summed E-state index contributed by atoms with van der Waals surface area (Å²) < 4.78 is 9.38. The van der Waals surface area contributed by atoms with Crippen LogP contribution >= 0.6 is 11.3 Å². The molecule has 0 unspecified atom stereocenters. The molecule has 0 fully saturated rings. The normalized spacial score (nSPS) is 11.5. The van der Waals surface area contributed by atoms with Crippen LogP contribution in [0.25, 0.3) is 75.5 Å². The van der Waals surface area contributed by atoms with E-state index in [1.54, 1.807) is 0 Å². The summed E-state index contributed by atoms with van der Waals surface area (Å²) in [6, 6.07) is 67.2. The molecule has 0 N–H and O–H groups in total. The lowest BCUT2D eigenvalue weighted by atomic mass is 9.99. The fourth-order valence-corrected chi connectivity index (χ4v) is 8.58. The zero-order chi connectivity index (χ0) is 33.7. The second kappa shape index (κ2) is 12.2. The minimum atomic E-state index is 0.922. The fourth-order valence-electron chi connectivity index (χ4n) is 7.47. The van der Waals surface area contributed by atoms with Crippen LogP contribution in [0, 0.1) is 0 Å². The van der Waals surface area contributed by atoms with E-state index in [-0.39, 0.29) is 0 Å². The fraction of sp³-hybridized carbons (Fsp3) is 0. The molecule has 0 aliphatic carbocycles. The van der Waals surface area contributed by atoms with E-state index in [0.717, 1.165) is 50.1 Å². The minimum absolute atomic E-state index is 0.922. The Morgan fingerprint density at radius 1 is 0.353 bits per heavy atom. The highest BCUT2D eigenvalue weighted by Gasteiger charge is 2.20. The zero-order valence-electron chi connectivity index (χ0n) is 27.7. The van der Waals surface area contributed by atoms with Gasteiger partial charge in [0.2, 0.25) is 0 Å². The van der Waals surface area contributed by atoms with Crippen molar-refractivity contribution in [1.82, 2.24) is 0 Å². The van der Waals surface area contributed by atoms with Crippen molar-refractivity contribution in [2.45, 2.75) is 0 Å². The molecule has 3 heteroatoms. The van der Waals surface area contributed by atoms with Gasteiger partial charge in [0.1, 0.15) is 11.2 Å². The summed E-state index contributed by atoms with van der Waals surface area (Å²) in [5.41, 5.74) is 12.1. The molecule has 0 saturated carbocycles. The first-order valence-electron chi connectivity index (χ1n) is 17.3. The molecule has 0 atom stereocenters. The monoisotopic (exact) mass is 669 g/mol. The van der Waals surface area contributed by atoms with Crippen molar-refractivity contribution < 1.29 is 4.42 Å². The molecule has 0 aliphatic rings. The van der Waals surface area contributed by atoms with Gasteiger partial charge < -0.3 is 9.32 Å². The molecule has 2 nitrogen and oxygen atoms in total. The van der Waals surface area contributed by atoms with Gasteiger partial charge in [-0.3, -0.25) is 0 Å². The predicted molar refractivity (Wildman–Crippen MR) is 218 cm³/mol. The lowest BCUT2D eigenvalue weighted by Crippen LogP contribution is -2.11. The predicted octanol–water partition coefficient (Wildman–Crippen LogP) is 14.4. The number of benzene rings is 8. The second-order valence-electron chi connectivity index (χ2n) is 12.9. The highest BCUT2D eigenvalue weighted by atomic mass is 32.1. The molecule has 0 amide bonds. The maximum Gasteiger partial charge on any atom is 0.144 e. The maximum atomic E-state index is 6.84. The molecule has 10 aromatic rings. The Hall–Kier alpha value is -6.42. The third-order valence-electron chi connectivity index (χ3n) is 9.90. The standard InChI is InChI=1S/C48H31NOS/c1-3-12-32(13-4-1)33-22-26-36(27-23-33)49(43-20-9-7-16-38(43)34-14-5-2-6-15-34)37-28-24-35(25-29-37)39-18-11-19-40-41-30-31-45-46(48(41)50-47(39)40)42-17-8-10-21-44(42)51-45/h1-31H. The van der Waals surface area contributed by atoms with Gasteiger partial charge in [-0.15, -0.1) is 11.3 Å². The number of fused-ring (bicyclic) bond motifs is 7. The third kappa shape index (κ3) is 5.01. The van der Waals surface area contributed by atoms with Gasteiger partial charge in [0.15, 0.2) is 0 Å². The first-order chi connectivity index (χ1) is 25.3. The van der Waals surface area contributed by atoms with Crippen LogP contribution in [0.2, 0.25) is 0 Å². The second-order valence-corrected chi connectivity index (χ2v) is 14.0. The van der Waals surface area contributed by atoms with Crippen molar-refractivity contribution in [3.63, 3.8) is 0 Å². The third-order valence-corrected chi connectivity index (χ3v) is 11.0. The highest BCUT2D eigenvalue weighted by Crippen LogP contribution is 2.45. The number of rotatable bonds is 6. The van der Waals surface area contributed by atoms with Crippen LogP contribution in [-0.4, -0.2) is 0 Å². The topological polar surface area (TPSA) is 16.4 Å². The summed E-state index contributed by atoms with van der Waals surface area (Å²) in [5.74, 6) is 0. The smallest absolute Gasteiger partial charge is 0.144 e. The quantitative estimate of drug-likeness (QED) is 0.175. The van der Waals surface area contributed by atoms with E-state index in [1.165, 1.54) is 42.4 Å². The van der Waals surface area contributed by atoms with Gasteiger partial charge in [-0.2, -0.15) is 0 Å². The zero-order valence-corrected chi connectivity index (χ0v) is 28.5. The van der Waals surface area contributed by atoms with Crippen LogP contribution in [0.1, 0.15) is 0 Å². The van der Waals surface area contributed by atoms with Crippen LogP contribution < -0.4 is 4.90 Å².